The summed E-state index contributed by atoms with van der Waals surface area (Å²) in [6.45, 7) is 1.25. The minimum absolute atomic E-state index is 0.0893. The molecule has 3 heterocycles. The van der Waals surface area contributed by atoms with Crippen molar-refractivity contribution in [1.29, 1.82) is 0 Å². The molecule has 0 radical (unpaired) electrons. The van der Waals surface area contributed by atoms with E-state index in [9.17, 15) is 44.3 Å². The number of hydrogen-bond acceptors (Lipinski definition) is 5. The maximum Gasteiger partial charge on any atom is 0.434 e. The summed E-state index contributed by atoms with van der Waals surface area (Å²) in [6.07, 6.45) is -19.6. The number of rotatable bonds is 5. The average Bonchev–Trinajstić information content (AvgIpc) is 3.22. The minimum atomic E-state index is -5.81. The Hall–Kier alpha value is -2.42. The maximum atomic E-state index is 13.7. The molecule has 0 saturated carbocycles. The zero-order valence-corrected chi connectivity index (χ0v) is 21.3. The van der Waals surface area contributed by atoms with E-state index in [4.69, 9.17) is 9.47 Å². The average molecular weight is 592 g/mol. The number of nitrogens with zero attached hydrogens (tertiary/aromatic N) is 2. The Bertz CT molecular complexity index is 1020. The quantitative estimate of drug-likeness (QED) is 0.375. The first-order chi connectivity index (χ1) is 18.6. The molecule has 6 nitrogen and oxygen atoms in total. The van der Waals surface area contributed by atoms with Crippen LogP contribution in [0, 0.1) is 0 Å². The number of benzene rings is 1. The van der Waals surface area contributed by atoms with Crippen LogP contribution in [-0.2, 0) is 22.2 Å². The van der Waals surface area contributed by atoms with Crippen molar-refractivity contribution in [1.82, 2.24) is 9.80 Å². The largest absolute Gasteiger partial charge is 0.490 e. The number of alkyl halides is 9. The van der Waals surface area contributed by atoms with Crippen LogP contribution in [0.15, 0.2) is 18.2 Å². The highest BCUT2D eigenvalue weighted by atomic mass is 19.4. The van der Waals surface area contributed by atoms with E-state index in [1.165, 1.54) is 0 Å². The standard InChI is InChI=1S/C25H29F9N2O4/c26-23(27,28)17-12-16(13-19(14-17)39-18-2-10-38-11-3-18)15-36-7-1-4-22(36)5-8-35(9-6-22)21(37)40-20(24(29,30)31)25(32,33)34/h12-14,18,20H,1-11,15H2. The molecule has 0 N–H and O–H groups in total. The topological polar surface area (TPSA) is 51.2 Å². The van der Waals surface area contributed by atoms with E-state index in [1.54, 1.807) is 6.07 Å². The molecular formula is C25H29F9N2O4. The number of carbonyl (C=O) groups is 1. The Labute approximate surface area is 224 Å². The lowest BCUT2D eigenvalue weighted by atomic mass is 9.85. The SMILES string of the molecule is O=C(OC(C(F)(F)F)C(F)(F)F)N1CCC2(CCCN2Cc2cc(OC3CCOCC3)cc(C(F)(F)F)c2)CC1. The number of carbonyl (C=O) groups excluding carboxylic acids is 1. The minimum Gasteiger partial charge on any atom is -0.490 e. The van der Waals surface area contributed by atoms with E-state index in [0.29, 0.717) is 51.0 Å². The zero-order valence-electron chi connectivity index (χ0n) is 21.3. The van der Waals surface area contributed by atoms with Gasteiger partial charge in [0.1, 0.15) is 11.9 Å². The number of likely N-dealkylation sites (tertiary alicyclic amines) is 2. The summed E-state index contributed by atoms with van der Waals surface area (Å²) in [6, 6.07) is 3.55. The third kappa shape index (κ3) is 7.25. The fourth-order valence-electron chi connectivity index (χ4n) is 5.60. The van der Waals surface area contributed by atoms with Gasteiger partial charge in [0.15, 0.2) is 0 Å². The van der Waals surface area contributed by atoms with Crippen LogP contribution in [0.2, 0.25) is 0 Å². The number of piperidine rings is 1. The maximum absolute atomic E-state index is 13.7. The Morgan fingerprint density at radius 2 is 1.55 bits per heavy atom. The van der Waals surface area contributed by atoms with Crippen LogP contribution in [0.25, 0.3) is 0 Å². The molecule has 3 saturated heterocycles. The Balaban J connectivity index is 1.44. The number of amides is 1. The van der Waals surface area contributed by atoms with Crippen molar-refractivity contribution in [3.8, 4) is 5.75 Å². The predicted molar refractivity (Wildman–Crippen MR) is 121 cm³/mol. The summed E-state index contributed by atoms with van der Waals surface area (Å²) < 4.78 is 133. The van der Waals surface area contributed by atoms with Gasteiger partial charge < -0.3 is 19.1 Å². The summed E-state index contributed by atoms with van der Waals surface area (Å²) in [5.41, 5.74) is -1.07. The third-order valence-corrected chi connectivity index (χ3v) is 7.64. The highest BCUT2D eigenvalue weighted by Crippen LogP contribution is 2.42. The summed E-state index contributed by atoms with van der Waals surface area (Å²) in [5.74, 6) is 0.0893. The van der Waals surface area contributed by atoms with Crippen LogP contribution < -0.4 is 4.74 Å². The van der Waals surface area contributed by atoms with Crippen molar-refractivity contribution in [3.05, 3.63) is 29.3 Å². The normalized spacial score (nSPS) is 21.3. The molecule has 1 aromatic carbocycles. The fraction of sp³-hybridized carbons (Fsp3) is 0.720. The Morgan fingerprint density at radius 3 is 2.12 bits per heavy atom. The van der Waals surface area contributed by atoms with Gasteiger partial charge in [0, 0.05) is 38.0 Å². The third-order valence-electron chi connectivity index (χ3n) is 7.64. The molecule has 0 atom stereocenters. The van der Waals surface area contributed by atoms with Crippen molar-refractivity contribution in [3.63, 3.8) is 0 Å². The van der Waals surface area contributed by atoms with Gasteiger partial charge in [-0.15, -0.1) is 0 Å². The fourth-order valence-corrected chi connectivity index (χ4v) is 5.60. The Morgan fingerprint density at radius 1 is 0.925 bits per heavy atom. The van der Waals surface area contributed by atoms with Gasteiger partial charge in [0.25, 0.3) is 6.10 Å². The smallest absolute Gasteiger partial charge is 0.434 e. The van der Waals surface area contributed by atoms with Crippen molar-refractivity contribution >= 4 is 6.09 Å². The molecule has 0 aliphatic carbocycles. The summed E-state index contributed by atoms with van der Waals surface area (Å²) in [5, 5.41) is 0. The molecule has 1 amide bonds. The van der Waals surface area contributed by atoms with Gasteiger partial charge in [-0.1, -0.05) is 0 Å². The molecule has 0 aromatic heterocycles. The zero-order chi connectivity index (χ0) is 29.3. The predicted octanol–water partition coefficient (Wildman–Crippen LogP) is 6.32. The first-order valence-electron chi connectivity index (χ1n) is 12.9. The first kappa shape index (κ1) is 30.5. The van der Waals surface area contributed by atoms with Crippen molar-refractivity contribution < 1.29 is 58.5 Å². The van der Waals surface area contributed by atoms with Gasteiger partial charge in [0.2, 0.25) is 0 Å². The Kier molecular flexibility index (Phi) is 8.75. The number of ether oxygens (including phenoxy) is 3. The monoisotopic (exact) mass is 592 g/mol. The van der Waals surface area contributed by atoms with Crippen LogP contribution in [0.4, 0.5) is 44.3 Å². The number of hydrogen-bond donors (Lipinski definition) is 0. The van der Waals surface area contributed by atoms with Crippen LogP contribution in [0.3, 0.4) is 0 Å². The van der Waals surface area contributed by atoms with E-state index >= 15 is 0 Å². The molecule has 1 spiro atoms. The molecule has 15 heteroatoms. The lowest BCUT2D eigenvalue weighted by Crippen LogP contribution is -2.54. The molecule has 0 unspecified atom stereocenters. The second kappa shape index (κ2) is 11.5. The molecule has 1 aromatic rings. The van der Waals surface area contributed by atoms with Crippen molar-refractivity contribution in [2.24, 2.45) is 0 Å². The van der Waals surface area contributed by atoms with E-state index in [0.717, 1.165) is 17.0 Å². The van der Waals surface area contributed by atoms with Crippen molar-refractivity contribution in [2.45, 2.75) is 81.3 Å². The van der Waals surface area contributed by atoms with E-state index in [1.807, 2.05) is 4.90 Å². The van der Waals surface area contributed by atoms with Crippen LogP contribution in [0.5, 0.6) is 5.75 Å². The van der Waals surface area contributed by atoms with Gasteiger partial charge in [-0.2, -0.15) is 39.5 Å². The lowest BCUT2D eigenvalue weighted by Gasteiger charge is -2.45. The van der Waals surface area contributed by atoms with Crippen LogP contribution in [-0.4, -0.2) is 78.8 Å². The highest BCUT2D eigenvalue weighted by Gasteiger charge is 2.60. The van der Waals surface area contributed by atoms with E-state index < -0.39 is 41.8 Å². The number of halogens is 9. The second-order valence-electron chi connectivity index (χ2n) is 10.4. The molecule has 40 heavy (non-hydrogen) atoms. The molecule has 3 fully saturated rings. The molecule has 4 rings (SSSR count). The molecule has 0 bridgehead atoms. The van der Waals surface area contributed by atoms with E-state index in [-0.39, 0.29) is 44.3 Å². The summed E-state index contributed by atoms with van der Waals surface area (Å²) in [7, 11) is 0. The highest BCUT2D eigenvalue weighted by molar-refractivity contribution is 5.68. The van der Waals surface area contributed by atoms with E-state index in [2.05, 4.69) is 4.74 Å². The summed E-state index contributed by atoms with van der Waals surface area (Å²) >= 11 is 0. The lowest BCUT2D eigenvalue weighted by molar-refractivity contribution is -0.308. The first-order valence-corrected chi connectivity index (χ1v) is 12.9. The second-order valence-corrected chi connectivity index (χ2v) is 10.4. The molecule has 3 aliphatic heterocycles. The van der Waals surface area contributed by atoms with Gasteiger partial charge in [0.05, 0.1) is 18.8 Å². The summed E-state index contributed by atoms with van der Waals surface area (Å²) in [4.78, 5) is 14.9. The van der Waals surface area contributed by atoms with Crippen molar-refractivity contribution in [2.75, 3.05) is 32.8 Å². The van der Waals surface area contributed by atoms with Gasteiger partial charge in [-0.25, -0.2) is 4.79 Å². The van der Waals surface area contributed by atoms with Crippen LogP contribution >= 0.6 is 0 Å². The molecule has 226 valence electrons. The van der Waals surface area contributed by atoms with Gasteiger partial charge in [-0.3, -0.25) is 4.90 Å². The molecular weight excluding hydrogens is 563 g/mol. The van der Waals surface area contributed by atoms with Gasteiger partial charge in [-0.05, 0) is 56.0 Å². The van der Waals surface area contributed by atoms with Crippen LogP contribution in [0.1, 0.15) is 49.7 Å². The van der Waals surface area contributed by atoms with Gasteiger partial charge >= 0.3 is 24.6 Å². The molecule has 3 aliphatic rings.